The first-order valence-electron chi connectivity index (χ1n) is 5.86. The van der Waals surface area contributed by atoms with Crippen LogP contribution in [0.15, 0.2) is 0 Å². The van der Waals surface area contributed by atoms with Gasteiger partial charge in [0.05, 0.1) is 6.61 Å². The van der Waals surface area contributed by atoms with Crippen LogP contribution >= 0.6 is 0 Å². The van der Waals surface area contributed by atoms with Gasteiger partial charge in [-0.2, -0.15) is 0 Å². The van der Waals surface area contributed by atoms with Crippen molar-refractivity contribution < 1.29 is 46.4 Å². The van der Waals surface area contributed by atoms with E-state index in [9.17, 15) is 14.4 Å². The second-order valence-electron chi connectivity index (χ2n) is 3.81. The van der Waals surface area contributed by atoms with Crippen molar-refractivity contribution in [1.29, 1.82) is 0 Å². The number of carboxylic acids is 2. The van der Waals surface area contributed by atoms with E-state index >= 15 is 0 Å². The van der Waals surface area contributed by atoms with Gasteiger partial charge in [-0.05, 0) is 11.6 Å². The molecule has 0 bridgehead atoms. The number of carboxylic acid groups (broad SMARTS) is 2. The van der Waals surface area contributed by atoms with E-state index in [1.54, 1.807) is 0 Å². The Kier molecular flexibility index (Phi) is 8.10. The van der Waals surface area contributed by atoms with Crippen molar-refractivity contribution in [3.05, 3.63) is 17.0 Å². The third-order valence-corrected chi connectivity index (χ3v) is 2.35. The molecule has 21 heavy (non-hydrogen) atoms. The fourth-order valence-corrected chi connectivity index (χ4v) is 1.40. The molecule has 0 saturated heterocycles. The smallest absolute Gasteiger partial charge is 0.359 e. The fourth-order valence-electron chi connectivity index (χ4n) is 1.40. The molecule has 0 aromatic carbocycles. The Morgan fingerprint density at radius 1 is 1.05 bits per heavy atom. The van der Waals surface area contributed by atoms with Crippen LogP contribution < -0.4 is 0 Å². The van der Waals surface area contributed by atoms with Gasteiger partial charge in [0.1, 0.15) is 5.56 Å². The molecule has 0 atom stereocenters. The molecular weight excluding hydrogens is 334 g/mol. The van der Waals surface area contributed by atoms with Gasteiger partial charge in [0, 0.05) is 17.1 Å². The summed E-state index contributed by atoms with van der Waals surface area (Å²) in [6, 6.07) is 0. The van der Waals surface area contributed by atoms with Gasteiger partial charge in [-0.1, -0.05) is 19.8 Å². The number of esters is 1. The van der Waals surface area contributed by atoms with Gasteiger partial charge in [0.2, 0.25) is 0 Å². The minimum atomic E-state index is -1.63. The molecule has 0 amide bonds. The zero-order valence-corrected chi connectivity index (χ0v) is 11.9. The Labute approximate surface area is 130 Å². The predicted octanol–water partition coefficient (Wildman–Crippen LogP) is 0.612. The van der Waals surface area contributed by atoms with E-state index in [2.05, 4.69) is 15.4 Å². The summed E-state index contributed by atoms with van der Waals surface area (Å²) in [4.78, 5) is 33.6. The van der Waals surface area contributed by atoms with Gasteiger partial charge < -0.3 is 14.9 Å². The number of aromatic nitrogens is 3. The summed E-state index contributed by atoms with van der Waals surface area (Å²) in [6.45, 7) is 2.07. The summed E-state index contributed by atoms with van der Waals surface area (Å²) in [5.74, 6) is -4.28. The molecule has 0 unspecified atom stereocenters. The molecule has 10 heteroatoms. The number of nitrogens with zero attached hydrogens (tertiary/aromatic N) is 3. The number of hydrogen-bond donors (Lipinski definition) is 2. The van der Waals surface area contributed by atoms with Crippen molar-refractivity contribution in [1.82, 2.24) is 15.4 Å². The van der Waals surface area contributed by atoms with Crippen molar-refractivity contribution in [2.24, 2.45) is 0 Å². The van der Waals surface area contributed by atoms with E-state index in [1.807, 2.05) is 6.92 Å². The largest absolute Gasteiger partial charge is 0.478 e. The van der Waals surface area contributed by atoms with E-state index in [1.165, 1.54) is 0 Å². The number of unbranched alkanes of at least 4 members (excludes halogenated alkanes) is 2. The van der Waals surface area contributed by atoms with Gasteiger partial charge in [-0.3, -0.25) is 0 Å². The molecule has 0 fully saturated rings. The molecule has 119 valence electrons. The second-order valence-corrected chi connectivity index (χ2v) is 3.81. The maximum Gasteiger partial charge on any atom is 0.359 e. The molecule has 1 aromatic heterocycles. The number of hydrogen-bond acceptors (Lipinski definition) is 7. The molecule has 1 heterocycles. The van der Waals surface area contributed by atoms with Gasteiger partial charge in [0.15, 0.2) is 11.4 Å². The second kappa shape index (κ2) is 8.98. The van der Waals surface area contributed by atoms with Gasteiger partial charge in [-0.25, -0.2) is 14.4 Å². The first-order chi connectivity index (χ1) is 9.49. The number of rotatable bonds is 7. The standard InChI is InChI=1S/C11H13N3O6.Cu/c1-2-3-4-5-20-11(19)8-6(9(15)16)7(10(17)18)12-14-13-8;/h2-5H2,1H3,(H,15,16)(H,17,18);. The first kappa shape index (κ1) is 18.9. The number of carbonyl (C=O) groups is 3. The van der Waals surface area contributed by atoms with Gasteiger partial charge in [0.25, 0.3) is 0 Å². The van der Waals surface area contributed by atoms with Crippen LogP contribution in [0.25, 0.3) is 0 Å². The Morgan fingerprint density at radius 3 is 2.19 bits per heavy atom. The molecule has 1 radical (unpaired) electrons. The van der Waals surface area contributed by atoms with Crippen molar-refractivity contribution >= 4 is 17.9 Å². The molecule has 0 aliphatic rings. The SMILES string of the molecule is CCCCCOC(=O)c1nnnc(C(=O)O)c1C(=O)O.[Cu]. The van der Waals surface area contributed by atoms with Crippen molar-refractivity contribution in [2.75, 3.05) is 6.61 Å². The number of aromatic carboxylic acids is 2. The Hall–Kier alpha value is -2.06. The minimum Gasteiger partial charge on any atom is -0.478 e. The molecule has 1 rings (SSSR count). The van der Waals surface area contributed by atoms with Crippen LogP contribution in [0.4, 0.5) is 0 Å². The van der Waals surface area contributed by atoms with E-state index < -0.39 is 34.9 Å². The molecule has 2 N–H and O–H groups in total. The molecule has 0 spiro atoms. The Morgan fingerprint density at radius 2 is 1.67 bits per heavy atom. The Balaban J connectivity index is 0.00000400. The van der Waals surface area contributed by atoms with Crippen LogP contribution in [-0.4, -0.2) is 50.1 Å². The molecular formula is C11H13CuN3O6. The maximum absolute atomic E-state index is 11.7. The van der Waals surface area contributed by atoms with E-state index in [0.29, 0.717) is 6.42 Å². The zero-order chi connectivity index (χ0) is 15.1. The topological polar surface area (TPSA) is 140 Å². The van der Waals surface area contributed by atoms with Crippen LogP contribution in [0, 0.1) is 0 Å². The fraction of sp³-hybridized carbons (Fsp3) is 0.455. The Bertz CT molecular complexity index is 537. The van der Waals surface area contributed by atoms with Crippen LogP contribution in [0.1, 0.15) is 57.5 Å². The van der Waals surface area contributed by atoms with Gasteiger partial charge in [-0.15, -0.1) is 10.2 Å². The predicted molar refractivity (Wildman–Crippen MR) is 63.6 cm³/mol. The summed E-state index contributed by atoms with van der Waals surface area (Å²) in [5, 5.41) is 27.2. The number of carbonyl (C=O) groups excluding carboxylic acids is 1. The molecule has 0 aliphatic heterocycles. The van der Waals surface area contributed by atoms with E-state index in [4.69, 9.17) is 14.9 Å². The third kappa shape index (κ3) is 5.08. The number of ether oxygens (including phenoxy) is 1. The minimum absolute atomic E-state index is 0. The summed E-state index contributed by atoms with van der Waals surface area (Å²) in [5.41, 5.74) is -2.35. The van der Waals surface area contributed by atoms with E-state index in [0.717, 1.165) is 12.8 Å². The average molecular weight is 347 g/mol. The quantitative estimate of drug-likeness (QED) is 0.412. The summed E-state index contributed by atoms with van der Waals surface area (Å²) >= 11 is 0. The summed E-state index contributed by atoms with van der Waals surface area (Å²) < 4.78 is 4.83. The maximum atomic E-state index is 11.7. The van der Waals surface area contributed by atoms with Crippen LogP contribution in [0.2, 0.25) is 0 Å². The van der Waals surface area contributed by atoms with Crippen molar-refractivity contribution in [2.45, 2.75) is 26.2 Å². The normalized spacial score (nSPS) is 9.57. The summed E-state index contributed by atoms with van der Waals surface area (Å²) in [6.07, 6.45) is 2.40. The molecule has 9 nitrogen and oxygen atoms in total. The van der Waals surface area contributed by atoms with Gasteiger partial charge >= 0.3 is 17.9 Å². The molecule has 1 aromatic rings. The van der Waals surface area contributed by atoms with E-state index in [-0.39, 0.29) is 23.7 Å². The monoisotopic (exact) mass is 346 g/mol. The molecule has 0 aliphatic carbocycles. The average Bonchev–Trinajstić information content (AvgIpc) is 2.42. The molecule has 0 saturated carbocycles. The van der Waals surface area contributed by atoms with Crippen molar-refractivity contribution in [3.63, 3.8) is 0 Å². The van der Waals surface area contributed by atoms with Crippen LogP contribution in [0.5, 0.6) is 0 Å². The zero-order valence-electron chi connectivity index (χ0n) is 11.0. The van der Waals surface area contributed by atoms with Crippen LogP contribution in [0.3, 0.4) is 0 Å². The third-order valence-electron chi connectivity index (χ3n) is 2.35. The van der Waals surface area contributed by atoms with Crippen molar-refractivity contribution in [3.8, 4) is 0 Å². The summed E-state index contributed by atoms with van der Waals surface area (Å²) in [7, 11) is 0. The van der Waals surface area contributed by atoms with Crippen LogP contribution in [-0.2, 0) is 21.8 Å². The first-order valence-corrected chi connectivity index (χ1v) is 5.86.